The van der Waals surface area contributed by atoms with Crippen LogP contribution in [-0.2, 0) is 6.61 Å². The van der Waals surface area contributed by atoms with Crippen LogP contribution in [0.25, 0.3) is 5.69 Å². The van der Waals surface area contributed by atoms with Gasteiger partial charge in [0.25, 0.3) is 5.56 Å². The summed E-state index contributed by atoms with van der Waals surface area (Å²) >= 11 is 0. The highest BCUT2D eigenvalue weighted by molar-refractivity contribution is 5.41. The Hall–Kier alpha value is -3.39. The maximum Gasteiger partial charge on any atom is 0.258 e. The molecular formula is C19H13FN2O2. The Morgan fingerprint density at radius 2 is 1.88 bits per heavy atom. The standard InChI is InChI=1S/C19H13FN2O2/c20-17-10-15(12-21)6-7-18(17)22-9-8-16(11-19(22)23)24-13-14-4-2-1-3-5-14/h1-11H,13H2. The van der Waals surface area contributed by atoms with Crippen LogP contribution in [0.2, 0.25) is 0 Å². The largest absolute Gasteiger partial charge is 0.489 e. The third-order valence-electron chi connectivity index (χ3n) is 3.48. The monoisotopic (exact) mass is 320 g/mol. The zero-order valence-corrected chi connectivity index (χ0v) is 12.6. The van der Waals surface area contributed by atoms with E-state index in [9.17, 15) is 9.18 Å². The highest BCUT2D eigenvalue weighted by atomic mass is 19.1. The topological polar surface area (TPSA) is 55.0 Å². The molecule has 118 valence electrons. The first kappa shape index (κ1) is 15.5. The molecule has 3 aromatic rings. The highest BCUT2D eigenvalue weighted by Crippen LogP contribution is 2.16. The van der Waals surface area contributed by atoms with E-state index in [1.54, 1.807) is 6.07 Å². The molecular weight excluding hydrogens is 307 g/mol. The van der Waals surface area contributed by atoms with Crippen LogP contribution in [0.3, 0.4) is 0 Å². The average Bonchev–Trinajstić information content (AvgIpc) is 2.61. The van der Waals surface area contributed by atoms with Crippen molar-refractivity contribution in [3.05, 3.63) is 94.2 Å². The maximum atomic E-state index is 14.0. The number of hydrogen-bond donors (Lipinski definition) is 0. The number of hydrogen-bond acceptors (Lipinski definition) is 3. The normalized spacial score (nSPS) is 10.2. The van der Waals surface area contributed by atoms with Crippen molar-refractivity contribution in [1.29, 1.82) is 5.26 Å². The zero-order chi connectivity index (χ0) is 16.9. The summed E-state index contributed by atoms with van der Waals surface area (Å²) in [6, 6.07) is 18.3. The number of halogens is 1. The molecule has 0 unspecified atom stereocenters. The first-order chi connectivity index (χ1) is 11.7. The molecule has 0 radical (unpaired) electrons. The summed E-state index contributed by atoms with van der Waals surface area (Å²) < 4.78 is 20.8. The molecule has 0 aliphatic carbocycles. The van der Waals surface area contributed by atoms with Crippen LogP contribution in [0.1, 0.15) is 11.1 Å². The predicted molar refractivity (Wildman–Crippen MR) is 87.5 cm³/mol. The Labute approximate surface area is 138 Å². The number of benzene rings is 2. The van der Waals surface area contributed by atoms with Crippen molar-refractivity contribution in [2.75, 3.05) is 0 Å². The fraction of sp³-hybridized carbons (Fsp3) is 0.0526. The minimum absolute atomic E-state index is 0.0913. The second kappa shape index (κ2) is 6.80. The number of nitrogens with zero attached hydrogens (tertiary/aromatic N) is 2. The molecule has 5 heteroatoms. The fourth-order valence-corrected chi connectivity index (χ4v) is 2.26. The quantitative estimate of drug-likeness (QED) is 0.740. The number of aromatic nitrogens is 1. The number of rotatable bonds is 4. The van der Waals surface area contributed by atoms with Gasteiger partial charge in [0.2, 0.25) is 0 Å². The molecule has 4 nitrogen and oxygen atoms in total. The van der Waals surface area contributed by atoms with E-state index in [1.165, 1.54) is 29.0 Å². The lowest BCUT2D eigenvalue weighted by Gasteiger charge is -2.10. The van der Waals surface area contributed by atoms with Crippen LogP contribution in [0.15, 0.2) is 71.7 Å². The summed E-state index contributed by atoms with van der Waals surface area (Å²) in [6.45, 7) is 0.343. The van der Waals surface area contributed by atoms with Gasteiger partial charge in [0.05, 0.1) is 17.3 Å². The van der Waals surface area contributed by atoms with E-state index >= 15 is 0 Å². The highest BCUT2D eigenvalue weighted by Gasteiger charge is 2.08. The van der Waals surface area contributed by atoms with Gasteiger partial charge < -0.3 is 4.74 Å². The Balaban J connectivity index is 1.83. The molecule has 0 bridgehead atoms. The molecule has 2 aromatic carbocycles. The summed E-state index contributed by atoms with van der Waals surface area (Å²) in [5, 5.41) is 8.77. The lowest BCUT2D eigenvalue weighted by molar-refractivity contribution is 0.305. The molecule has 1 aromatic heterocycles. The van der Waals surface area contributed by atoms with Crippen molar-refractivity contribution in [2.45, 2.75) is 6.61 Å². The summed E-state index contributed by atoms with van der Waals surface area (Å²) in [7, 11) is 0. The summed E-state index contributed by atoms with van der Waals surface area (Å²) in [5.74, 6) is -0.219. The first-order valence-electron chi connectivity index (χ1n) is 7.27. The summed E-state index contributed by atoms with van der Waals surface area (Å²) in [5.41, 5.74) is 0.865. The van der Waals surface area contributed by atoms with Crippen molar-refractivity contribution in [1.82, 2.24) is 4.57 Å². The minimum atomic E-state index is -0.630. The lowest BCUT2D eigenvalue weighted by atomic mass is 10.2. The molecule has 0 saturated carbocycles. The van der Waals surface area contributed by atoms with Crippen LogP contribution in [0.5, 0.6) is 5.75 Å². The van der Waals surface area contributed by atoms with Gasteiger partial charge in [0, 0.05) is 12.3 Å². The Morgan fingerprint density at radius 3 is 2.54 bits per heavy atom. The van der Waals surface area contributed by atoms with Crippen LogP contribution in [0.4, 0.5) is 4.39 Å². The van der Waals surface area contributed by atoms with Gasteiger partial charge in [0.15, 0.2) is 0 Å². The predicted octanol–water partition coefficient (Wildman–Crippen LogP) is 3.43. The zero-order valence-electron chi connectivity index (χ0n) is 12.6. The van der Waals surface area contributed by atoms with Crippen LogP contribution >= 0.6 is 0 Å². The molecule has 0 atom stereocenters. The maximum absolute atomic E-state index is 14.0. The van der Waals surface area contributed by atoms with E-state index in [-0.39, 0.29) is 11.3 Å². The molecule has 3 rings (SSSR count). The van der Waals surface area contributed by atoms with E-state index in [4.69, 9.17) is 10.00 Å². The van der Waals surface area contributed by atoms with E-state index in [2.05, 4.69) is 0 Å². The van der Waals surface area contributed by atoms with Crippen molar-refractivity contribution >= 4 is 0 Å². The second-order valence-corrected chi connectivity index (χ2v) is 5.12. The molecule has 0 fully saturated rings. The van der Waals surface area contributed by atoms with E-state index in [0.29, 0.717) is 12.4 Å². The molecule has 0 amide bonds. The van der Waals surface area contributed by atoms with Crippen LogP contribution in [0, 0.1) is 17.1 Å². The molecule has 0 aliphatic rings. The first-order valence-corrected chi connectivity index (χ1v) is 7.27. The number of nitriles is 1. The average molecular weight is 320 g/mol. The SMILES string of the molecule is N#Cc1ccc(-n2ccc(OCc3ccccc3)cc2=O)c(F)c1. The molecule has 0 saturated heterocycles. The number of pyridine rings is 1. The Kier molecular flexibility index (Phi) is 4.39. The lowest BCUT2D eigenvalue weighted by Crippen LogP contribution is -2.18. The molecule has 24 heavy (non-hydrogen) atoms. The van der Waals surface area contributed by atoms with Gasteiger partial charge in [-0.1, -0.05) is 30.3 Å². The van der Waals surface area contributed by atoms with Crippen LogP contribution < -0.4 is 10.3 Å². The third kappa shape index (κ3) is 3.33. The molecule has 0 aliphatic heterocycles. The van der Waals surface area contributed by atoms with Gasteiger partial charge in [-0.2, -0.15) is 5.26 Å². The molecule has 0 spiro atoms. The Bertz CT molecular complexity index is 959. The minimum Gasteiger partial charge on any atom is -0.489 e. The van der Waals surface area contributed by atoms with Crippen molar-refractivity contribution in [2.24, 2.45) is 0 Å². The molecule has 0 N–H and O–H groups in total. The second-order valence-electron chi connectivity index (χ2n) is 5.12. The van der Waals surface area contributed by atoms with Gasteiger partial charge >= 0.3 is 0 Å². The smallest absolute Gasteiger partial charge is 0.258 e. The fourth-order valence-electron chi connectivity index (χ4n) is 2.26. The van der Waals surface area contributed by atoms with E-state index < -0.39 is 11.4 Å². The van der Waals surface area contributed by atoms with E-state index in [0.717, 1.165) is 11.6 Å². The summed E-state index contributed by atoms with van der Waals surface area (Å²) in [4.78, 5) is 12.2. The summed E-state index contributed by atoms with van der Waals surface area (Å²) in [6.07, 6.45) is 1.45. The van der Waals surface area contributed by atoms with Gasteiger partial charge in [-0.3, -0.25) is 9.36 Å². The molecule has 1 heterocycles. The third-order valence-corrected chi connectivity index (χ3v) is 3.48. The van der Waals surface area contributed by atoms with Gasteiger partial charge in [-0.15, -0.1) is 0 Å². The van der Waals surface area contributed by atoms with Crippen molar-refractivity contribution in [3.63, 3.8) is 0 Å². The van der Waals surface area contributed by atoms with Crippen LogP contribution in [-0.4, -0.2) is 4.57 Å². The van der Waals surface area contributed by atoms with Crippen molar-refractivity contribution in [3.8, 4) is 17.5 Å². The number of ether oxygens (including phenoxy) is 1. The van der Waals surface area contributed by atoms with Gasteiger partial charge in [-0.25, -0.2) is 4.39 Å². The van der Waals surface area contributed by atoms with Crippen molar-refractivity contribution < 1.29 is 9.13 Å². The van der Waals surface area contributed by atoms with Gasteiger partial charge in [-0.05, 0) is 29.8 Å². The van der Waals surface area contributed by atoms with E-state index in [1.807, 2.05) is 36.4 Å². The van der Waals surface area contributed by atoms with Gasteiger partial charge in [0.1, 0.15) is 18.2 Å². The Morgan fingerprint density at radius 1 is 1.08 bits per heavy atom.